The molecule has 1 saturated heterocycles. The lowest BCUT2D eigenvalue weighted by atomic mass is 9.84. The van der Waals surface area contributed by atoms with Crippen LogP contribution >= 0.6 is 0 Å². The Morgan fingerprint density at radius 1 is 1.20 bits per heavy atom. The van der Waals surface area contributed by atoms with E-state index in [1.165, 1.54) is 51.9 Å². The molecular weight excluding hydrogens is 246 g/mol. The minimum Gasteiger partial charge on any atom is -0.316 e. The molecular formula is C17H37N3. The molecule has 0 bridgehead atoms. The monoisotopic (exact) mass is 283 g/mol. The number of nitrogens with one attached hydrogen (secondary N) is 1. The molecule has 0 saturated carbocycles. The molecule has 0 aromatic rings. The van der Waals surface area contributed by atoms with Gasteiger partial charge in [0, 0.05) is 19.1 Å². The quantitative estimate of drug-likeness (QED) is 0.702. The Kier molecular flexibility index (Phi) is 8.08. The summed E-state index contributed by atoms with van der Waals surface area (Å²) in [6.07, 6.45) is 5.28. The van der Waals surface area contributed by atoms with Crippen LogP contribution in [0.3, 0.4) is 0 Å². The zero-order valence-electron chi connectivity index (χ0n) is 14.5. The van der Waals surface area contributed by atoms with Crippen LogP contribution in [-0.4, -0.2) is 62.2 Å². The predicted octanol–water partition coefficient (Wildman–Crippen LogP) is 2.82. The molecule has 1 aliphatic rings. The minimum atomic E-state index is 0.418. The Balaban J connectivity index is 2.46. The Bertz CT molecular complexity index is 249. The summed E-state index contributed by atoms with van der Waals surface area (Å²) < 4.78 is 0. The fourth-order valence-electron chi connectivity index (χ4n) is 3.66. The summed E-state index contributed by atoms with van der Waals surface area (Å²) in [4.78, 5) is 5.22. The molecule has 1 N–H and O–H groups in total. The molecule has 1 rings (SSSR count). The highest BCUT2D eigenvalue weighted by Crippen LogP contribution is 2.26. The van der Waals surface area contributed by atoms with Crippen LogP contribution in [0, 0.1) is 5.41 Å². The molecule has 0 spiro atoms. The van der Waals surface area contributed by atoms with Gasteiger partial charge in [0.2, 0.25) is 0 Å². The summed E-state index contributed by atoms with van der Waals surface area (Å²) in [5, 5.41) is 3.56. The average Bonchev–Trinajstić information content (AvgIpc) is 2.45. The second-order valence-corrected chi connectivity index (χ2v) is 6.92. The van der Waals surface area contributed by atoms with Crippen molar-refractivity contribution in [1.82, 2.24) is 15.1 Å². The van der Waals surface area contributed by atoms with Gasteiger partial charge in [0.1, 0.15) is 0 Å². The van der Waals surface area contributed by atoms with Crippen LogP contribution in [0.4, 0.5) is 0 Å². The van der Waals surface area contributed by atoms with Crippen molar-refractivity contribution in [3.8, 4) is 0 Å². The molecule has 1 unspecified atom stereocenters. The molecule has 0 amide bonds. The molecule has 20 heavy (non-hydrogen) atoms. The first-order valence-electron chi connectivity index (χ1n) is 8.68. The number of nitrogens with zero attached hydrogens (tertiary/aromatic N) is 2. The highest BCUT2D eigenvalue weighted by Gasteiger charge is 2.29. The lowest BCUT2D eigenvalue weighted by Crippen LogP contribution is -2.48. The van der Waals surface area contributed by atoms with Crippen molar-refractivity contribution in [2.24, 2.45) is 5.41 Å². The molecule has 0 aromatic heterocycles. The van der Waals surface area contributed by atoms with Crippen LogP contribution < -0.4 is 5.32 Å². The molecule has 1 atom stereocenters. The summed E-state index contributed by atoms with van der Waals surface area (Å²) >= 11 is 0. The van der Waals surface area contributed by atoms with E-state index in [2.05, 4.69) is 49.9 Å². The number of hydrogen-bond donors (Lipinski definition) is 1. The second kappa shape index (κ2) is 9.01. The van der Waals surface area contributed by atoms with E-state index in [0.717, 1.165) is 19.1 Å². The van der Waals surface area contributed by atoms with E-state index >= 15 is 0 Å². The smallest absolute Gasteiger partial charge is 0.0117 e. The van der Waals surface area contributed by atoms with E-state index in [4.69, 9.17) is 0 Å². The molecule has 0 aliphatic carbocycles. The molecule has 1 fully saturated rings. The van der Waals surface area contributed by atoms with E-state index in [1.807, 2.05) is 0 Å². The van der Waals surface area contributed by atoms with Crippen molar-refractivity contribution >= 4 is 0 Å². The van der Waals surface area contributed by atoms with Gasteiger partial charge in [-0.05, 0) is 57.9 Å². The third-order valence-electron chi connectivity index (χ3n) is 4.91. The van der Waals surface area contributed by atoms with E-state index in [-0.39, 0.29) is 0 Å². The molecule has 1 aliphatic heterocycles. The minimum absolute atomic E-state index is 0.418. The maximum absolute atomic E-state index is 3.56. The highest BCUT2D eigenvalue weighted by molar-refractivity contribution is 4.84. The van der Waals surface area contributed by atoms with Crippen molar-refractivity contribution in [3.63, 3.8) is 0 Å². The van der Waals surface area contributed by atoms with Crippen molar-refractivity contribution in [2.75, 3.05) is 46.3 Å². The average molecular weight is 284 g/mol. The van der Waals surface area contributed by atoms with Crippen LogP contribution in [0.2, 0.25) is 0 Å². The Labute approximate surface area is 127 Å². The fraction of sp³-hybridized carbons (Fsp3) is 1.00. The summed E-state index contributed by atoms with van der Waals surface area (Å²) in [5.41, 5.74) is 0.418. The van der Waals surface area contributed by atoms with Crippen LogP contribution in [0.15, 0.2) is 0 Å². The Hall–Kier alpha value is -0.120. The van der Waals surface area contributed by atoms with Gasteiger partial charge in [-0.25, -0.2) is 0 Å². The Morgan fingerprint density at radius 3 is 2.35 bits per heavy atom. The van der Waals surface area contributed by atoms with Gasteiger partial charge in [0.05, 0.1) is 0 Å². The number of hydrogen-bond acceptors (Lipinski definition) is 3. The SMILES string of the molecule is CCCC(C)(CNCC)CN(C)C1CCN(CC)CC1. The van der Waals surface area contributed by atoms with Gasteiger partial charge in [-0.2, -0.15) is 0 Å². The van der Waals surface area contributed by atoms with Crippen molar-refractivity contribution in [2.45, 2.75) is 59.4 Å². The van der Waals surface area contributed by atoms with Crippen molar-refractivity contribution in [3.05, 3.63) is 0 Å². The molecule has 3 heteroatoms. The first kappa shape index (κ1) is 17.9. The lowest BCUT2D eigenvalue weighted by molar-refractivity contribution is 0.0884. The molecule has 0 radical (unpaired) electrons. The van der Waals surface area contributed by atoms with Crippen LogP contribution in [0.5, 0.6) is 0 Å². The van der Waals surface area contributed by atoms with Gasteiger partial charge in [-0.3, -0.25) is 0 Å². The third kappa shape index (κ3) is 5.71. The van der Waals surface area contributed by atoms with Crippen LogP contribution in [-0.2, 0) is 0 Å². The zero-order chi connectivity index (χ0) is 15.0. The molecule has 120 valence electrons. The summed E-state index contributed by atoms with van der Waals surface area (Å²) in [6.45, 7) is 16.5. The van der Waals surface area contributed by atoms with E-state index in [9.17, 15) is 0 Å². The van der Waals surface area contributed by atoms with Crippen molar-refractivity contribution < 1.29 is 0 Å². The van der Waals surface area contributed by atoms with Crippen molar-refractivity contribution in [1.29, 1.82) is 0 Å². The molecule has 3 nitrogen and oxygen atoms in total. The fourth-order valence-corrected chi connectivity index (χ4v) is 3.66. The first-order valence-corrected chi connectivity index (χ1v) is 8.68. The number of rotatable bonds is 9. The van der Waals surface area contributed by atoms with Gasteiger partial charge in [-0.15, -0.1) is 0 Å². The second-order valence-electron chi connectivity index (χ2n) is 6.92. The summed E-state index contributed by atoms with van der Waals surface area (Å²) in [7, 11) is 2.34. The molecule has 1 heterocycles. The number of likely N-dealkylation sites (tertiary alicyclic amines) is 1. The van der Waals surface area contributed by atoms with Gasteiger partial charge in [0.25, 0.3) is 0 Å². The van der Waals surface area contributed by atoms with E-state index in [1.54, 1.807) is 0 Å². The highest BCUT2D eigenvalue weighted by atomic mass is 15.2. The normalized spacial score (nSPS) is 21.3. The largest absolute Gasteiger partial charge is 0.316 e. The topological polar surface area (TPSA) is 18.5 Å². The standard InChI is InChI=1S/C17H37N3/c1-6-11-17(4,14-18-7-2)15-19(5)16-9-12-20(8-3)13-10-16/h16,18H,6-15H2,1-5H3. The molecule has 0 aromatic carbocycles. The van der Waals surface area contributed by atoms with Gasteiger partial charge >= 0.3 is 0 Å². The third-order valence-corrected chi connectivity index (χ3v) is 4.91. The summed E-state index contributed by atoms with van der Waals surface area (Å²) in [6, 6.07) is 0.788. The maximum Gasteiger partial charge on any atom is 0.0117 e. The maximum atomic E-state index is 3.56. The van der Waals surface area contributed by atoms with E-state index in [0.29, 0.717) is 5.41 Å². The predicted molar refractivity (Wildman–Crippen MR) is 89.3 cm³/mol. The Morgan fingerprint density at radius 2 is 1.85 bits per heavy atom. The van der Waals surface area contributed by atoms with Crippen LogP contribution in [0.1, 0.15) is 53.4 Å². The van der Waals surface area contributed by atoms with Gasteiger partial charge in [-0.1, -0.05) is 34.1 Å². The van der Waals surface area contributed by atoms with Gasteiger partial charge in [0.15, 0.2) is 0 Å². The lowest BCUT2D eigenvalue weighted by Gasteiger charge is -2.41. The van der Waals surface area contributed by atoms with E-state index < -0.39 is 0 Å². The van der Waals surface area contributed by atoms with Gasteiger partial charge < -0.3 is 15.1 Å². The number of piperidine rings is 1. The summed E-state index contributed by atoms with van der Waals surface area (Å²) in [5.74, 6) is 0. The zero-order valence-corrected chi connectivity index (χ0v) is 14.5. The first-order chi connectivity index (χ1) is 9.54. The van der Waals surface area contributed by atoms with Crippen LogP contribution in [0.25, 0.3) is 0 Å².